The van der Waals surface area contributed by atoms with Crippen LogP contribution in [-0.2, 0) is 13.0 Å². The number of aryl methyl sites for hydroxylation is 2. The molecule has 2 aromatic rings. The highest BCUT2D eigenvalue weighted by Crippen LogP contribution is 2.25. The molecule has 0 atom stereocenters. The second kappa shape index (κ2) is 6.18. The van der Waals surface area contributed by atoms with Crippen LogP contribution in [0.15, 0.2) is 36.8 Å². The Balaban J connectivity index is 1.69. The standard InChI is InChI=1S/C16H20FN3/c17-15-4-2-1-3-13(15)7-10-20-12-19-11-16(20)14-5-8-18-9-6-14/h1-4,11-12,14,18H,5-10H2. The molecule has 1 fully saturated rings. The zero-order valence-corrected chi connectivity index (χ0v) is 11.6. The number of aromatic nitrogens is 2. The van der Waals surface area contributed by atoms with Gasteiger partial charge in [0.1, 0.15) is 5.82 Å². The van der Waals surface area contributed by atoms with Gasteiger partial charge in [-0.2, -0.15) is 0 Å². The average molecular weight is 273 g/mol. The zero-order valence-electron chi connectivity index (χ0n) is 11.6. The lowest BCUT2D eigenvalue weighted by molar-refractivity contribution is 0.438. The fourth-order valence-corrected chi connectivity index (χ4v) is 2.92. The zero-order chi connectivity index (χ0) is 13.8. The van der Waals surface area contributed by atoms with Crippen LogP contribution in [0.25, 0.3) is 0 Å². The summed E-state index contributed by atoms with van der Waals surface area (Å²) in [5, 5.41) is 3.38. The summed E-state index contributed by atoms with van der Waals surface area (Å²) in [6.45, 7) is 2.94. The van der Waals surface area contributed by atoms with Gasteiger partial charge in [0.05, 0.1) is 6.33 Å². The van der Waals surface area contributed by atoms with Crippen molar-refractivity contribution >= 4 is 0 Å². The molecule has 3 nitrogen and oxygen atoms in total. The molecule has 0 amide bonds. The normalized spacial score (nSPS) is 16.4. The van der Waals surface area contributed by atoms with Crippen molar-refractivity contribution in [3.05, 3.63) is 53.9 Å². The fraction of sp³-hybridized carbons (Fsp3) is 0.438. The first kappa shape index (κ1) is 13.3. The van der Waals surface area contributed by atoms with Crippen molar-refractivity contribution in [2.45, 2.75) is 31.7 Å². The Morgan fingerprint density at radius 1 is 1.25 bits per heavy atom. The third-order valence-electron chi connectivity index (χ3n) is 4.08. The minimum absolute atomic E-state index is 0.115. The maximum atomic E-state index is 13.6. The Kier molecular flexibility index (Phi) is 4.11. The Hall–Kier alpha value is -1.68. The van der Waals surface area contributed by atoms with E-state index < -0.39 is 0 Å². The SMILES string of the molecule is Fc1ccccc1CCn1cncc1C1CCNCC1. The Bertz CT molecular complexity index is 558. The fourth-order valence-electron chi connectivity index (χ4n) is 2.92. The van der Waals surface area contributed by atoms with Gasteiger partial charge in [0, 0.05) is 24.4 Å². The number of hydrogen-bond donors (Lipinski definition) is 1. The summed E-state index contributed by atoms with van der Waals surface area (Å²) < 4.78 is 15.8. The third kappa shape index (κ3) is 2.90. The van der Waals surface area contributed by atoms with Gasteiger partial charge in [-0.15, -0.1) is 0 Å². The van der Waals surface area contributed by atoms with Crippen molar-refractivity contribution in [1.29, 1.82) is 0 Å². The molecule has 0 radical (unpaired) electrons. The van der Waals surface area contributed by atoms with Crippen LogP contribution in [0.2, 0.25) is 0 Å². The topological polar surface area (TPSA) is 29.9 Å². The molecule has 4 heteroatoms. The van der Waals surface area contributed by atoms with Crippen LogP contribution in [-0.4, -0.2) is 22.6 Å². The lowest BCUT2D eigenvalue weighted by Crippen LogP contribution is -2.27. The molecule has 0 saturated carbocycles. The van der Waals surface area contributed by atoms with Gasteiger partial charge >= 0.3 is 0 Å². The van der Waals surface area contributed by atoms with Crippen LogP contribution in [0.1, 0.15) is 30.0 Å². The van der Waals surface area contributed by atoms with E-state index in [-0.39, 0.29) is 5.82 Å². The molecule has 0 unspecified atom stereocenters. The molecule has 3 rings (SSSR count). The van der Waals surface area contributed by atoms with E-state index in [1.54, 1.807) is 6.07 Å². The van der Waals surface area contributed by atoms with E-state index >= 15 is 0 Å². The minimum Gasteiger partial charge on any atom is -0.334 e. The number of benzene rings is 1. The van der Waals surface area contributed by atoms with E-state index in [0.717, 1.165) is 38.0 Å². The Labute approximate surface area is 118 Å². The van der Waals surface area contributed by atoms with Gasteiger partial charge in [-0.1, -0.05) is 18.2 Å². The average Bonchev–Trinajstić information content (AvgIpc) is 2.96. The third-order valence-corrected chi connectivity index (χ3v) is 4.08. The number of hydrogen-bond acceptors (Lipinski definition) is 2. The Morgan fingerprint density at radius 3 is 2.85 bits per heavy atom. The summed E-state index contributed by atoms with van der Waals surface area (Å²) in [5.74, 6) is 0.468. The largest absolute Gasteiger partial charge is 0.334 e. The molecule has 1 N–H and O–H groups in total. The molecule has 0 aliphatic carbocycles. The molecule has 1 aromatic carbocycles. The molecule has 106 valence electrons. The number of halogens is 1. The molecule has 1 aromatic heterocycles. The molecule has 20 heavy (non-hydrogen) atoms. The van der Waals surface area contributed by atoms with Gasteiger partial charge < -0.3 is 9.88 Å². The number of nitrogens with one attached hydrogen (secondary N) is 1. The highest BCUT2D eigenvalue weighted by Gasteiger charge is 2.18. The number of imidazole rings is 1. The van der Waals surface area contributed by atoms with Crippen LogP contribution < -0.4 is 5.32 Å². The quantitative estimate of drug-likeness (QED) is 0.928. The summed E-state index contributed by atoms with van der Waals surface area (Å²) in [5.41, 5.74) is 2.07. The lowest BCUT2D eigenvalue weighted by atomic mass is 9.95. The Morgan fingerprint density at radius 2 is 2.05 bits per heavy atom. The van der Waals surface area contributed by atoms with E-state index in [9.17, 15) is 4.39 Å². The molecule has 1 aliphatic heterocycles. The van der Waals surface area contributed by atoms with E-state index in [2.05, 4.69) is 14.9 Å². The minimum atomic E-state index is -0.115. The van der Waals surface area contributed by atoms with Gasteiger partial charge in [-0.25, -0.2) is 9.37 Å². The van der Waals surface area contributed by atoms with E-state index in [1.807, 2.05) is 24.7 Å². The van der Waals surface area contributed by atoms with Crippen molar-refractivity contribution in [2.24, 2.45) is 0 Å². The van der Waals surface area contributed by atoms with Gasteiger partial charge in [0.15, 0.2) is 0 Å². The smallest absolute Gasteiger partial charge is 0.126 e. The predicted octanol–water partition coefficient (Wildman–Crippen LogP) is 2.73. The summed E-state index contributed by atoms with van der Waals surface area (Å²) in [4.78, 5) is 4.28. The van der Waals surface area contributed by atoms with Gasteiger partial charge in [0.25, 0.3) is 0 Å². The second-order valence-electron chi connectivity index (χ2n) is 5.38. The van der Waals surface area contributed by atoms with Gasteiger partial charge in [-0.05, 0) is 44.0 Å². The van der Waals surface area contributed by atoms with E-state index in [1.165, 1.54) is 11.8 Å². The maximum Gasteiger partial charge on any atom is 0.126 e. The first-order valence-corrected chi connectivity index (χ1v) is 7.29. The van der Waals surface area contributed by atoms with Gasteiger partial charge in [0.2, 0.25) is 0 Å². The number of nitrogens with zero attached hydrogens (tertiary/aromatic N) is 2. The monoisotopic (exact) mass is 273 g/mol. The lowest BCUT2D eigenvalue weighted by Gasteiger charge is -2.23. The highest BCUT2D eigenvalue weighted by atomic mass is 19.1. The first-order chi connectivity index (χ1) is 9.84. The summed E-state index contributed by atoms with van der Waals surface area (Å²) in [6.07, 6.45) is 6.87. The molecule has 0 bridgehead atoms. The molecule has 0 spiro atoms. The van der Waals surface area contributed by atoms with E-state index in [0.29, 0.717) is 12.3 Å². The molecule has 1 saturated heterocycles. The van der Waals surface area contributed by atoms with Crippen molar-refractivity contribution in [1.82, 2.24) is 14.9 Å². The van der Waals surface area contributed by atoms with Crippen LogP contribution in [0.5, 0.6) is 0 Å². The molecular formula is C16H20FN3. The van der Waals surface area contributed by atoms with Gasteiger partial charge in [-0.3, -0.25) is 0 Å². The summed E-state index contributed by atoms with van der Waals surface area (Å²) >= 11 is 0. The van der Waals surface area contributed by atoms with Crippen LogP contribution in [0, 0.1) is 5.82 Å². The van der Waals surface area contributed by atoms with Crippen molar-refractivity contribution in [3.8, 4) is 0 Å². The van der Waals surface area contributed by atoms with E-state index in [4.69, 9.17) is 0 Å². The molecular weight excluding hydrogens is 253 g/mol. The summed E-state index contributed by atoms with van der Waals surface area (Å²) in [7, 11) is 0. The molecule has 1 aliphatic rings. The van der Waals surface area contributed by atoms with Crippen molar-refractivity contribution in [3.63, 3.8) is 0 Å². The van der Waals surface area contributed by atoms with Crippen LogP contribution in [0.3, 0.4) is 0 Å². The highest BCUT2D eigenvalue weighted by molar-refractivity contribution is 5.17. The second-order valence-corrected chi connectivity index (χ2v) is 5.38. The van der Waals surface area contributed by atoms with Crippen LogP contribution in [0.4, 0.5) is 4.39 Å². The number of rotatable bonds is 4. The first-order valence-electron chi connectivity index (χ1n) is 7.29. The maximum absolute atomic E-state index is 13.6. The van der Waals surface area contributed by atoms with Crippen LogP contribution >= 0.6 is 0 Å². The van der Waals surface area contributed by atoms with Crippen molar-refractivity contribution in [2.75, 3.05) is 13.1 Å². The summed E-state index contributed by atoms with van der Waals surface area (Å²) in [6, 6.07) is 7.00. The number of piperidine rings is 1. The molecule has 2 heterocycles. The van der Waals surface area contributed by atoms with Crippen molar-refractivity contribution < 1.29 is 4.39 Å². The predicted molar refractivity (Wildman–Crippen MR) is 77.2 cm³/mol.